The summed E-state index contributed by atoms with van der Waals surface area (Å²) < 4.78 is 0. The summed E-state index contributed by atoms with van der Waals surface area (Å²) in [5.74, 6) is 1.45. The third kappa shape index (κ3) is 1.94. The standard InChI is InChI=1S/C12H15N3/c1-9-7-15(8-10(9)2)12-3-4-14-11(5-12)6-13/h3-5,9-10H,7-8H2,1-2H3. The number of nitriles is 1. The number of aromatic nitrogens is 1. The summed E-state index contributed by atoms with van der Waals surface area (Å²) in [6, 6.07) is 5.92. The van der Waals surface area contributed by atoms with Crippen molar-refractivity contribution in [3.8, 4) is 6.07 Å². The number of pyridine rings is 1. The van der Waals surface area contributed by atoms with Gasteiger partial charge < -0.3 is 4.90 Å². The van der Waals surface area contributed by atoms with Crippen molar-refractivity contribution in [2.24, 2.45) is 11.8 Å². The highest BCUT2D eigenvalue weighted by atomic mass is 15.2. The number of rotatable bonds is 1. The normalized spacial score (nSPS) is 25.3. The molecule has 1 aliphatic heterocycles. The van der Waals surface area contributed by atoms with E-state index < -0.39 is 0 Å². The Bertz CT molecular complexity index is 384. The molecule has 0 radical (unpaired) electrons. The molecule has 1 aromatic rings. The Balaban J connectivity index is 2.21. The molecule has 0 aromatic carbocycles. The highest BCUT2D eigenvalue weighted by molar-refractivity contribution is 5.49. The lowest BCUT2D eigenvalue weighted by molar-refractivity contribution is 0.494. The molecule has 1 saturated heterocycles. The van der Waals surface area contributed by atoms with Gasteiger partial charge in [-0.2, -0.15) is 5.26 Å². The van der Waals surface area contributed by atoms with Crippen molar-refractivity contribution in [2.45, 2.75) is 13.8 Å². The molecule has 0 bridgehead atoms. The number of anilines is 1. The SMILES string of the molecule is CC1CN(c2ccnc(C#N)c2)CC1C. The zero-order valence-corrected chi connectivity index (χ0v) is 9.14. The first-order valence-electron chi connectivity index (χ1n) is 5.32. The fourth-order valence-corrected chi connectivity index (χ4v) is 2.02. The Morgan fingerprint density at radius 3 is 2.67 bits per heavy atom. The fraction of sp³-hybridized carbons (Fsp3) is 0.500. The van der Waals surface area contributed by atoms with E-state index >= 15 is 0 Å². The lowest BCUT2D eigenvalue weighted by Crippen LogP contribution is -2.19. The molecule has 78 valence electrons. The number of hydrogen-bond donors (Lipinski definition) is 0. The monoisotopic (exact) mass is 201 g/mol. The molecular weight excluding hydrogens is 186 g/mol. The highest BCUT2D eigenvalue weighted by Crippen LogP contribution is 2.27. The van der Waals surface area contributed by atoms with Gasteiger partial charge in [0.2, 0.25) is 0 Å². The maximum absolute atomic E-state index is 8.78. The van der Waals surface area contributed by atoms with Crippen molar-refractivity contribution in [3.05, 3.63) is 24.0 Å². The van der Waals surface area contributed by atoms with Crippen LogP contribution in [0.1, 0.15) is 19.5 Å². The zero-order chi connectivity index (χ0) is 10.8. The Morgan fingerprint density at radius 1 is 1.40 bits per heavy atom. The molecule has 3 nitrogen and oxygen atoms in total. The summed E-state index contributed by atoms with van der Waals surface area (Å²) in [7, 11) is 0. The van der Waals surface area contributed by atoms with Crippen LogP contribution in [0.2, 0.25) is 0 Å². The van der Waals surface area contributed by atoms with Crippen LogP contribution in [-0.2, 0) is 0 Å². The number of hydrogen-bond acceptors (Lipinski definition) is 3. The van der Waals surface area contributed by atoms with Crippen LogP contribution in [0.4, 0.5) is 5.69 Å². The molecule has 15 heavy (non-hydrogen) atoms. The molecule has 0 amide bonds. The predicted molar refractivity (Wildman–Crippen MR) is 59.5 cm³/mol. The van der Waals surface area contributed by atoms with Crippen molar-refractivity contribution in [1.82, 2.24) is 4.98 Å². The summed E-state index contributed by atoms with van der Waals surface area (Å²) in [6.07, 6.45) is 1.71. The summed E-state index contributed by atoms with van der Waals surface area (Å²) >= 11 is 0. The van der Waals surface area contributed by atoms with E-state index in [1.807, 2.05) is 12.1 Å². The van der Waals surface area contributed by atoms with Crippen LogP contribution >= 0.6 is 0 Å². The van der Waals surface area contributed by atoms with Gasteiger partial charge in [-0.1, -0.05) is 13.8 Å². The zero-order valence-electron chi connectivity index (χ0n) is 9.14. The van der Waals surface area contributed by atoms with Gasteiger partial charge in [0.1, 0.15) is 11.8 Å². The molecule has 3 heteroatoms. The third-order valence-corrected chi connectivity index (χ3v) is 3.21. The summed E-state index contributed by atoms with van der Waals surface area (Å²) in [5.41, 5.74) is 1.62. The topological polar surface area (TPSA) is 39.9 Å². The van der Waals surface area contributed by atoms with Crippen molar-refractivity contribution in [1.29, 1.82) is 5.26 Å². The lowest BCUT2D eigenvalue weighted by Gasteiger charge is -2.17. The molecule has 1 aliphatic rings. The van der Waals surface area contributed by atoms with Gasteiger partial charge >= 0.3 is 0 Å². The van der Waals surface area contributed by atoms with Crippen LogP contribution in [0.25, 0.3) is 0 Å². The van der Waals surface area contributed by atoms with E-state index in [1.54, 1.807) is 6.20 Å². The van der Waals surface area contributed by atoms with Crippen molar-refractivity contribution in [3.63, 3.8) is 0 Å². The maximum atomic E-state index is 8.78. The molecule has 1 fully saturated rings. The van der Waals surface area contributed by atoms with E-state index in [-0.39, 0.29) is 0 Å². The lowest BCUT2D eigenvalue weighted by atomic mass is 10.0. The van der Waals surface area contributed by atoms with Crippen LogP contribution in [0.15, 0.2) is 18.3 Å². The second kappa shape index (κ2) is 3.90. The molecular formula is C12H15N3. The van der Waals surface area contributed by atoms with Gasteiger partial charge in [-0.25, -0.2) is 4.98 Å². The minimum atomic E-state index is 0.500. The smallest absolute Gasteiger partial charge is 0.142 e. The first kappa shape index (κ1) is 9.97. The van der Waals surface area contributed by atoms with Crippen molar-refractivity contribution >= 4 is 5.69 Å². The van der Waals surface area contributed by atoms with Gasteiger partial charge in [0.05, 0.1) is 0 Å². The van der Waals surface area contributed by atoms with Gasteiger partial charge in [0.15, 0.2) is 0 Å². The van der Waals surface area contributed by atoms with E-state index in [4.69, 9.17) is 5.26 Å². The van der Waals surface area contributed by atoms with E-state index in [9.17, 15) is 0 Å². The largest absolute Gasteiger partial charge is 0.371 e. The van der Waals surface area contributed by atoms with Gasteiger partial charge in [-0.05, 0) is 24.0 Å². The van der Waals surface area contributed by atoms with Crippen LogP contribution in [0, 0.1) is 23.2 Å². The van der Waals surface area contributed by atoms with Crippen molar-refractivity contribution < 1.29 is 0 Å². The predicted octanol–water partition coefficient (Wildman–Crippen LogP) is 2.05. The second-order valence-electron chi connectivity index (χ2n) is 4.37. The van der Waals surface area contributed by atoms with Crippen LogP contribution in [0.5, 0.6) is 0 Å². The molecule has 0 aliphatic carbocycles. The first-order chi connectivity index (χ1) is 7.20. The Hall–Kier alpha value is -1.56. The van der Waals surface area contributed by atoms with E-state index in [0.29, 0.717) is 5.69 Å². The second-order valence-corrected chi connectivity index (χ2v) is 4.37. The van der Waals surface area contributed by atoms with Gasteiger partial charge in [-0.15, -0.1) is 0 Å². The first-order valence-corrected chi connectivity index (χ1v) is 5.32. The van der Waals surface area contributed by atoms with Gasteiger partial charge in [0, 0.05) is 25.0 Å². The van der Waals surface area contributed by atoms with Crippen LogP contribution in [-0.4, -0.2) is 18.1 Å². The molecule has 1 aromatic heterocycles. The van der Waals surface area contributed by atoms with E-state index in [1.165, 1.54) is 0 Å². The van der Waals surface area contributed by atoms with E-state index in [2.05, 4.69) is 29.8 Å². The third-order valence-electron chi connectivity index (χ3n) is 3.21. The molecule has 0 N–H and O–H groups in total. The van der Waals surface area contributed by atoms with Crippen LogP contribution < -0.4 is 4.90 Å². The maximum Gasteiger partial charge on any atom is 0.142 e. The van der Waals surface area contributed by atoms with E-state index in [0.717, 1.165) is 30.6 Å². The molecule has 2 rings (SSSR count). The fourth-order valence-electron chi connectivity index (χ4n) is 2.02. The highest BCUT2D eigenvalue weighted by Gasteiger charge is 2.26. The van der Waals surface area contributed by atoms with Gasteiger partial charge in [-0.3, -0.25) is 0 Å². The quantitative estimate of drug-likeness (QED) is 0.698. The van der Waals surface area contributed by atoms with Gasteiger partial charge in [0.25, 0.3) is 0 Å². The van der Waals surface area contributed by atoms with Crippen LogP contribution in [0.3, 0.4) is 0 Å². The van der Waals surface area contributed by atoms with Crippen molar-refractivity contribution in [2.75, 3.05) is 18.0 Å². The molecule has 0 saturated carbocycles. The molecule has 2 atom stereocenters. The Labute approximate surface area is 90.4 Å². The summed E-state index contributed by atoms with van der Waals surface area (Å²) in [6.45, 7) is 6.71. The summed E-state index contributed by atoms with van der Waals surface area (Å²) in [5, 5.41) is 8.78. The average Bonchev–Trinajstić information content (AvgIpc) is 2.59. The Morgan fingerprint density at radius 2 is 2.07 bits per heavy atom. The molecule has 2 heterocycles. The average molecular weight is 201 g/mol. The minimum absolute atomic E-state index is 0.500. The summed E-state index contributed by atoms with van der Waals surface area (Å²) in [4.78, 5) is 6.31. The Kier molecular flexibility index (Phi) is 2.59. The number of nitrogens with zero attached hydrogens (tertiary/aromatic N) is 3. The molecule has 2 unspecified atom stereocenters. The molecule has 0 spiro atoms. The minimum Gasteiger partial charge on any atom is -0.371 e.